The van der Waals surface area contributed by atoms with Crippen LogP contribution in [0, 0.1) is 11.8 Å². The van der Waals surface area contributed by atoms with E-state index in [1.165, 1.54) is 25.7 Å². The first-order valence-corrected chi connectivity index (χ1v) is 15.1. The maximum absolute atomic E-state index is 14.0. The van der Waals surface area contributed by atoms with Crippen LogP contribution in [-0.2, 0) is 26.4 Å². The Morgan fingerprint density at radius 1 is 1.00 bits per heavy atom. The predicted octanol–water partition coefficient (Wildman–Crippen LogP) is 6.75. The van der Waals surface area contributed by atoms with E-state index in [0.29, 0.717) is 18.2 Å². The van der Waals surface area contributed by atoms with Crippen LogP contribution in [0.3, 0.4) is 0 Å². The number of likely N-dealkylation sites (tertiary alicyclic amines) is 1. The van der Waals surface area contributed by atoms with Crippen molar-refractivity contribution in [2.45, 2.75) is 115 Å². The first-order valence-electron chi connectivity index (χ1n) is 15.1. The number of aromatic nitrogens is 1. The third-order valence-corrected chi connectivity index (χ3v) is 9.44. The molecular weight excluding hydrogens is 492 g/mol. The van der Waals surface area contributed by atoms with E-state index < -0.39 is 17.4 Å². The number of rotatable bonds is 4. The van der Waals surface area contributed by atoms with Gasteiger partial charge in [-0.1, -0.05) is 44.6 Å². The molecule has 0 unspecified atom stereocenters. The minimum atomic E-state index is -0.606. The lowest BCUT2D eigenvalue weighted by Gasteiger charge is -2.34. The Balaban J connectivity index is 1.27. The molecule has 0 N–H and O–H groups in total. The number of hydrogen-bond acceptors (Lipinski definition) is 5. The molecule has 0 radical (unpaired) electrons. The number of benzene rings is 1. The molecule has 3 fully saturated rings. The van der Waals surface area contributed by atoms with E-state index in [2.05, 4.69) is 4.57 Å². The second kappa shape index (κ2) is 9.97. The van der Waals surface area contributed by atoms with Crippen molar-refractivity contribution in [2.75, 3.05) is 6.54 Å². The Hall–Kier alpha value is -2.83. The number of amides is 1. The van der Waals surface area contributed by atoms with E-state index in [9.17, 15) is 14.4 Å². The molecule has 2 atom stereocenters. The number of esters is 1. The molecule has 2 aromatic rings. The second-order valence-corrected chi connectivity index (χ2v) is 13.3. The third-order valence-electron chi connectivity index (χ3n) is 9.44. The summed E-state index contributed by atoms with van der Waals surface area (Å²) in [5.74, 6) is 0.506. The van der Waals surface area contributed by atoms with Crippen LogP contribution in [0.5, 0.6) is 0 Å². The molecular formula is C32H42N2O5. The number of hydrogen-bond donors (Lipinski definition) is 0. The van der Waals surface area contributed by atoms with Crippen molar-refractivity contribution >= 4 is 28.7 Å². The maximum atomic E-state index is 14.0. The molecule has 0 bridgehead atoms. The Morgan fingerprint density at radius 2 is 1.72 bits per heavy atom. The summed E-state index contributed by atoms with van der Waals surface area (Å²) in [5, 5.41) is 0.969. The fourth-order valence-corrected chi connectivity index (χ4v) is 7.78. The molecule has 1 aromatic heterocycles. The van der Waals surface area contributed by atoms with Crippen molar-refractivity contribution < 1.29 is 23.9 Å². The molecule has 210 valence electrons. The van der Waals surface area contributed by atoms with Crippen molar-refractivity contribution in [2.24, 2.45) is 11.8 Å². The van der Waals surface area contributed by atoms with Crippen molar-refractivity contribution in [1.82, 2.24) is 9.47 Å². The average molecular weight is 535 g/mol. The zero-order valence-corrected chi connectivity index (χ0v) is 23.7. The topological polar surface area (TPSA) is 77.8 Å². The monoisotopic (exact) mass is 534 g/mol. The van der Waals surface area contributed by atoms with Crippen LogP contribution in [0.1, 0.15) is 107 Å². The lowest BCUT2D eigenvalue weighted by Crippen LogP contribution is -2.47. The highest BCUT2D eigenvalue weighted by Crippen LogP contribution is 2.45. The lowest BCUT2D eigenvalue weighted by molar-refractivity contribution is -0.124. The molecule has 1 saturated heterocycles. The third kappa shape index (κ3) is 4.87. The number of fused-ring (bicyclic) bond motifs is 4. The van der Waals surface area contributed by atoms with E-state index in [0.717, 1.165) is 61.4 Å². The molecule has 1 aromatic carbocycles. The van der Waals surface area contributed by atoms with Gasteiger partial charge in [0.25, 0.3) is 0 Å². The molecule has 4 aliphatic rings. The van der Waals surface area contributed by atoms with Crippen molar-refractivity contribution in [1.29, 1.82) is 0 Å². The summed E-state index contributed by atoms with van der Waals surface area (Å²) >= 11 is 0. The lowest BCUT2D eigenvalue weighted by atomic mass is 9.75. The summed E-state index contributed by atoms with van der Waals surface area (Å²) < 4.78 is 13.8. The molecule has 39 heavy (non-hydrogen) atoms. The van der Waals surface area contributed by atoms with Crippen LogP contribution in [0.15, 0.2) is 24.3 Å². The van der Waals surface area contributed by atoms with Crippen LogP contribution in [-0.4, -0.2) is 45.5 Å². The number of ketones is 1. The van der Waals surface area contributed by atoms with Gasteiger partial charge < -0.3 is 9.47 Å². The van der Waals surface area contributed by atoms with E-state index in [1.54, 1.807) is 4.90 Å². The minimum Gasteiger partial charge on any atom is -0.444 e. The standard InChI is InChI=1S/C32H42N2O5/c1-31(2,3)39-30(37)33-17-14-24(22-10-6-4-7-11-22)28(33)27(35)19-21-12-13-25-23(18-21)20-26-29(36)38-32(34(25)26)15-8-5-9-16-32/h12-13,18,20,22,24,28H,4-11,14-17,19H2,1-3H3/t24-,28-/m0/s1. The molecule has 7 nitrogen and oxygen atoms in total. The quantitative estimate of drug-likeness (QED) is 0.406. The van der Waals surface area contributed by atoms with E-state index in [1.807, 2.05) is 45.0 Å². The van der Waals surface area contributed by atoms with Gasteiger partial charge in [0, 0.05) is 31.2 Å². The van der Waals surface area contributed by atoms with Gasteiger partial charge in [-0.3, -0.25) is 14.3 Å². The van der Waals surface area contributed by atoms with Crippen LogP contribution in [0.2, 0.25) is 0 Å². The van der Waals surface area contributed by atoms with Crippen molar-refractivity contribution in [3.05, 3.63) is 35.5 Å². The number of ether oxygens (including phenoxy) is 2. The molecule has 2 aliphatic carbocycles. The van der Waals surface area contributed by atoms with Gasteiger partial charge in [-0.25, -0.2) is 9.59 Å². The highest BCUT2D eigenvalue weighted by atomic mass is 16.6. The molecule has 2 saturated carbocycles. The highest BCUT2D eigenvalue weighted by Gasteiger charge is 2.48. The summed E-state index contributed by atoms with van der Waals surface area (Å²) in [5.41, 5.74) is 1.35. The van der Waals surface area contributed by atoms with E-state index in [4.69, 9.17) is 9.47 Å². The maximum Gasteiger partial charge on any atom is 0.410 e. The molecule has 6 rings (SSSR count). The first kappa shape index (κ1) is 26.4. The summed E-state index contributed by atoms with van der Waals surface area (Å²) in [6.07, 6.45) is 11.6. The van der Waals surface area contributed by atoms with Gasteiger partial charge >= 0.3 is 12.1 Å². The summed E-state index contributed by atoms with van der Waals surface area (Å²) in [6, 6.07) is 7.57. The van der Waals surface area contributed by atoms with Crippen LogP contribution in [0.4, 0.5) is 4.79 Å². The first-order chi connectivity index (χ1) is 18.7. The number of carbonyl (C=O) groups is 3. The molecule has 2 aliphatic heterocycles. The summed E-state index contributed by atoms with van der Waals surface area (Å²) in [6.45, 7) is 6.18. The summed E-state index contributed by atoms with van der Waals surface area (Å²) in [7, 11) is 0. The molecule has 7 heteroatoms. The Kier molecular flexibility index (Phi) is 6.75. The number of Topliss-reactive ketones (excluding diaryl/α,β-unsaturated/α-hetero) is 1. The fourth-order valence-electron chi connectivity index (χ4n) is 7.78. The normalized spacial score (nSPS) is 25.2. The van der Waals surface area contributed by atoms with Gasteiger partial charge in [-0.15, -0.1) is 0 Å². The van der Waals surface area contributed by atoms with Crippen molar-refractivity contribution in [3.8, 4) is 0 Å². The van der Waals surface area contributed by atoms with E-state index >= 15 is 0 Å². The Morgan fingerprint density at radius 3 is 2.44 bits per heavy atom. The molecule has 1 spiro atoms. The average Bonchev–Trinajstić information content (AvgIpc) is 3.57. The van der Waals surface area contributed by atoms with Gasteiger partial charge in [0.2, 0.25) is 0 Å². The number of carbonyl (C=O) groups excluding carboxylic acids is 3. The van der Waals surface area contributed by atoms with E-state index in [-0.39, 0.29) is 30.2 Å². The number of nitrogens with zero attached hydrogens (tertiary/aromatic N) is 2. The SMILES string of the molecule is CC(C)(C)OC(=O)N1CC[C@@H](C2CCCCC2)[C@H]1C(=O)Cc1ccc2c(c1)cc1n2C2(CCCCC2)OC1=O. The highest BCUT2D eigenvalue weighted by molar-refractivity contribution is 5.98. The van der Waals surface area contributed by atoms with Gasteiger partial charge in [-0.2, -0.15) is 0 Å². The zero-order valence-electron chi connectivity index (χ0n) is 23.7. The largest absolute Gasteiger partial charge is 0.444 e. The van der Waals surface area contributed by atoms with Crippen LogP contribution in [0.25, 0.3) is 10.9 Å². The summed E-state index contributed by atoms with van der Waals surface area (Å²) in [4.78, 5) is 41.7. The minimum absolute atomic E-state index is 0.0863. The second-order valence-electron chi connectivity index (χ2n) is 13.3. The van der Waals surface area contributed by atoms with Gasteiger partial charge in [-0.05, 0) is 75.6 Å². The Labute approximate surface area is 231 Å². The van der Waals surface area contributed by atoms with Crippen molar-refractivity contribution in [3.63, 3.8) is 0 Å². The predicted molar refractivity (Wildman–Crippen MR) is 149 cm³/mol. The van der Waals surface area contributed by atoms with Gasteiger partial charge in [0.05, 0.1) is 11.6 Å². The zero-order chi connectivity index (χ0) is 27.4. The fraction of sp³-hybridized carbons (Fsp3) is 0.656. The van der Waals surface area contributed by atoms with Gasteiger partial charge in [0.15, 0.2) is 11.5 Å². The van der Waals surface area contributed by atoms with Crippen LogP contribution < -0.4 is 0 Å². The smallest absolute Gasteiger partial charge is 0.410 e. The Bertz CT molecular complexity index is 1280. The molecule has 3 heterocycles. The van der Waals surface area contributed by atoms with Gasteiger partial charge in [0.1, 0.15) is 11.3 Å². The van der Waals surface area contributed by atoms with Crippen LogP contribution >= 0.6 is 0 Å². The molecule has 1 amide bonds.